The molecule has 2 amide bonds. The van der Waals surface area contributed by atoms with Gasteiger partial charge in [-0.2, -0.15) is 0 Å². The van der Waals surface area contributed by atoms with Gasteiger partial charge in [-0.25, -0.2) is 0 Å². The lowest BCUT2D eigenvalue weighted by molar-refractivity contribution is -0.147. The third-order valence-electron chi connectivity index (χ3n) is 2.31. The highest BCUT2D eigenvalue weighted by molar-refractivity contribution is 6.35. The van der Waals surface area contributed by atoms with Gasteiger partial charge < -0.3 is 21.1 Å². The topological polar surface area (TPSA) is 95.7 Å². The van der Waals surface area contributed by atoms with Crippen molar-refractivity contribution in [3.8, 4) is 0 Å². The van der Waals surface area contributed by atoms with Crippen LogP contribution in [0.5, 0.6) is 0 Å². The maximum atomic E-state index is 11.5. The smallest absolute Gasteiger partial charge is 0.311 e. The van der Waals surface area contributed by atoms with Gasteiger partial charge in [0.15, 0.2) is 0 Å². The lowest BCUT2D eigenvalue weighted by atomic mass is 10.1. The van der Waals surface area contributed by atoms with Crippen LogP contribution in [0.2, 0.25) is 0 Å². The van der Waals surface area contributed by atoms with E-state index in [1.54, 1.807) is 0 Å². The molecule has 1 unspecified atom stereocenters. The Balaban J connectivity index is 2.41. The molecule has 0 aromatic heterocycles. The average Bonchev–Trinajstić information content (AvgIpc) is 2.24. The predicted molar refractivity (Wildman–Crippen MR) is 53.9 cm³/mol. The van der Waals surface area contributed by atoms with Crippen molar-refractivity contribution >= 4 is 11.8 Å². The normalized spacial score (nSPS) is 21.2. The molecule has 1 atom stereocenters. The van der Waals surface area contributed by atoms with Crippen molar-refractivity contribution in [1.29, 1.82) is 0 Å². The number of amides is 2. The fourth-order valence-corrected chi connectivity index (χ4v) is 1.54. The summed E-state index contributed by atoms with van der Waals surface area (Å²) in [4.78, 5) is 24.2. The van der Waals surface area contributed by atoms with Gasteiger partial charge >= 0.3 is 11.8 Å². The molecule has 1 aliphatic rings. The number of piperidine rings is 1. The summed E-state index contributed by atoms with van der Waals surface area (Å²) in [6.07, 6.45) is 0.913. The van der Waals surface area contributed by atoms with Crippen LogP contribution in [-0.4, -0.2) is 54.1 Å². The van der Waals surface area contributed by atoms with Crippen molar-refractivity contribution in [3.63, 3.8) is 0 Å². The Kier molecular flexibility index (Phi) is 4.51. The lowest BCUT2D eigenvalue weighted by Crippen LogP contribution is -2.49. The quantitative estimate of drug-likeness (QED) is 0.466. The van der Waals surface area contributed by atoms with Crippen LogP contribution < -0.4 is 11.1 Å². The molecule has 0 radical (unpaired) electrons. The monoisotopic (exact) mass is 215 g/mol. The second-order valence-electron chi connectivity index (χ2n) is 3.59. The van der Waals surface area contributed by atoms with Gasteiger partial charge in [0.1, 0.15) is 0 Å². The first kappa shape index (κ1) is 11.9. The molecule has 86 valence electrons. The molecular formula is C9H17N3O3. The fraction of sp³-hybridized carbons (Fsp3) is 0.778. The first-order chi connectivity index (χ1) is 7.15. The van der Waals surface area contributed by atoms with Crippen LogP contribution in [0.4, 0.5) is 0 Å². The summed E-state index contributed by atoms with van der Waals surface area (Å²) >= 11 is 0. The van der Waals surface area contributed by atoms with Crippen molar-refractivity contribution < 1.29 is 14.7 Å². The number of nitrogens with one attached hydrogen (secondary N) is 1. The highest BCUT2D eigenvalue weighted by Crippen LogP contribution is 2.09. The molecular weight excluding hydrogens is 198 g/mol. The average molecular weight is 215 g/mol. The van der Waals surface area contributed by atoms with Gasteiger partial charge in [-0.1, -0.05) is 0 Å². The van der Waals surface area contributed by atoms with Gasteiger partial charge in [0, 0.05) is 26.2 Å². The zero-order valence-electron chi connectivity index (χ0n) is 8.61. The summed E-state index contributed by atoms with van der Waals surface area (Å²) in [6.45, 7) is 1.38. The number of nitrogens with zero attached hydrogens (tertiary/aromatic N) is 1. The standard InChI is InChI=1S/C9H17N3O3/c10-3-4-11-8(14)9(15)12-5-1-2-7(13)6-12/h7,13H,1-6,10H2,(H,11,14). The van der Waals surface area contributed by atoms with E-state index in [2.05, 4.69) is 5.32 Å². The molecule has 6 nitrogen and oxygen atoms in total. The molecule has 0 bridgehead atoms. The van der Waals surface area contributed by atoms with E-state index >= 15 is 0 Å². The van der Waals surface area contributed by atoms with Crippen LogP contribution in [0.3, 0.4) is 0 Å². The number of carbonyl (C=O) groups is 2. The number of carbonyl (C=O) groups excluding carboxylic acids is 2. The molecule has 1 aliphatic heterocycles. The number of rotatable bonds is 2. The van der Waals surface area contributed by atoms with Crippen molar-refractivity contribution in [2.75, 3.05) is 26.2 Å². The van der Waals surface area contributed by atoms with Crippen molar-refractivity contribution in [1.82, 2.24) is 10.2 Å². The molecule has 15 heavy (non-hydrogen) atoms. The molecule has 0 spiro atoms. The Bertz CT molecular complexity index is 245. The van der Waals surface area contributed by atoms with Crippen molar-refractivity contribution in [2.45, 2.75) is 18.9 Å². The second-order valence-corrected chi connectivity index (χ2v) is 3.59. The number of aliphatic hydroxyl groups excluding tert-OH is 1. The summed E-state index contributed by atoms with van der Waals surface area (Å²) < 4.78 is 0. The Morgan fingerprint density at radius 1 is 1.53 bits per heavy atom. The second kappa shape index (κ2) is 5.67. The molecule has 6 heteroatoms. The molecule has 1 heterocycles. The van der Waals surface area contributed by atoms with E-state index in [9.17, 15) is 14.7 Å². The van der Waals surface area contributed by atoms with E-state index in [-0.39, 0.29) is 6.54 Å². The van der Waals surface area contributed by atoms with E-state index < -0.39 is 17.9 Å². The summed E-state index contributed by atoms with van der Waals surface area (Å²) in [5.74, 6) is -1.23. The molecule has 4 N–H and O–H groups in total. The largest absolute Gasteiger partial charge is 0.391 e. The van der Waals surface area contributed by atoms with Crippen LogP contribution in [0.1, 0.15) is 12.8 Å². The van der Waals surface area contributed by atoms with Crippen LogP contribution in [-0.2, 0) is 9.59 Å². The Hall–Kier alpha value is -1.14. The van der Waals surface area contributed by atoms with E-state index in [1.807, 2.05) is 0 Å². The van der Waals surface area contributed by atoms with Crippen LogP contribution in [0.15, 0.2) is 0 Å². The van der Waals surface area contributed by atoms with Crippen molar-refractivity contribution in [2.24, 2.45) is 5.73 Å². The Morgan fingerprint density at radius 2 is 2.27 bits per heavy atom. The van der Waals surface area contributed by atoms with E-state index in [0.717, 1.165) is 6.42 Å². The molecule has 1 rings (SSSR count). The highest BCUT2D eigenvalue weighted by Gasteiger charge is 2.26. The number of hydrogen-bond donors (Lipinski definition) is 3. The number of hydrogen-bond acceptors (Lipinski definition) is 4. The van der Waals surface area contributed by atoms with Crippen LogP contribution in [0, 0.1) is 0 Å². The molecule has 1 fully saturated rings. The third-order valence-corrected chi connectivity index (χ3v) is 2.31. The first-order valence-electron chi connectivity index (χ1n) is 5.10. The molecule has 0 aromatic rings. The molecule has 0 aliphatic carbocycles. The number of β-amino-alcohol motifs (C(OH)–C–C–N with tert-alkyl or cyclic N) is 1. The van der Waals surface area contributed by atoms with Crippen molar-refractivity contribution in [3.05, 3.63) is 0 Å². The highest BCUT2D eigenvalue weighted by atomic mass is 16.3. The summed E-state index contributed by atoms with van der Waals surface area (Å²) in [5.41, 5.74) is 5.20. The minimum Gasteiger partial charge on any atom is -0.391 e. The van der Waals surface area contributed by atoms with Gasteiger partial charge in [0.25, 0.3) is 0 Å². The number of likely N-dealkylation sites (tertiary alicyclic amines) is 1. The van der Waals surface area contributed by atoms with E-state index in [0.29, 0.717) is 26.1 Å². The number of nitrogens with two attached hydrogens (primary N) is 1. The Labute approximate surface area is 88.4 Å². The van der Waals surface area contributed by atoms with Gasteiger partial charge in [-0.15, -0.1) is 0 Å². The van der Waals surface area contributed by atoms with Gasteiger partial charge in [0.05, 0.1) is 6.10 Å². The summed E-state index contributed by atoms with van der Waals surface area (Å²) in [6, 6.07) is 0. The summed E-state index contributed by atoms with van der Waals surface area (Å²) in [5, 5.41) is 11.7. The third kappa shape index (κ3) is 3.49. The first-order valence-corrected chi connectivity index (χ1v) is 5.10. The zero-order valence-corrected chi connectivity index (χ0v) is 8.61. The predicted octanol–water partition coefficient (Wildman–Crippen LogP) is -1.96. The van der Waals surface area contributed by atoms with Crippen LogP contribution in [0.25, 0.3) is 0 Å². The van der Waals surface area contributed by atoms with E-state index in [4.69, 9.17) is 5.73 Å². The van der Waals surface area contributed by atoms with Crippen LogP contribution >= 0.6 is 0 Å². The zero-order chi connectivity index (χ0) is 11.3. The number of aliphatic hydroxyl groups is 1. The van der Waals surface area contributed by atoms with Gasteiger partial charge in [0.2, 0.25) is 0 Å². The fourth-order valence-electron chi connectivity index (χ4n) is 1.54. The molecule has 0 saturated carbocycles. The Morgan fingerprint density at radius 3 is 2.87 bits per heavy atom. The minimum atomic E-state index is -0.644. The maximum absolute atomic E-state index is 11.5. The molecule has 1 saturated heterocycles. The minimum absolute atomic E-state index is 0.245. The summed E-state index contributed by atoms with van der Waals surface area (Å²) in [7, 11) is 0. The van der Waals surface area contributed by atoms with Gasteiger partial charge in [-0.05, 0) is 12.8 Å². The van der Waals surface area contributed by atoms with E-state index in [1.165, 1.54) is 4.90 Å². The maximum Gasteiger partial charge on any atom is 0.311 e. The van der Waals surface area contributed by atoms with Gasteiger partial charge in [-0.3, -0.25) is 9.59 Å². The SMILES string of the molecule is NCCNC(=O)C(=O)N1CCCC(O)C1. The molecule has 0 aromatic carbocycles. The lowest BCUT2D eigenvalue weighted by Gasteiger charge is -2.29.